The number of hydrogen-bond donors (Lipinski definition) is 1. The molecule has 2 N–H and O–H groups in total. The van der Waals surface area contributed by atoms with Crippen molar-refractivity contribution in [1.29, 1.82) is 0 Å². The molecule has 0 amide bonds. The molecule has 27 heavy (non-hydrogen) atoms. The number of nitrogens with two attached hydrogens (primary N) is 1. The molecule has 2 aromatic heterocycles. The molecule has 4 aromatic rings. The summed E-state index contributed by atoms with van der Waals surface area (Å²) in [6, 6.07) is 13.1. The molecule has 0 fully saturated rings. The first-order valence-electron chi connectivity index (χ1n) is 8.14. The van der Waals surface area contributed by atoms with Crippen LogP contribution in [0.2, 0.25) is 0 Å². The number of fused-ring (bicyclic) bond motifs is 1. The molecule has 2 aromatic carbocycles. The van der Waals surface area contributed by atoms with Crippen molar-refractivity contribution >= 4 is 22.8 Å². The number of imidazole rings is 1. The van der Waals surface area contributed by atoms with Crippen molar-refractivity contribution in [3.05, 3.63) is 75.9 Å². The Morgan fingerprint density at radius 3 is 2.81 bits per heavy atom. The highest BCUT2D eigenvalue weighted by molar-refractivity contribution is 6.09. The van der Waals surface area contributed by atoms with E-state index >= 15 is 0 Å². The average Bonchev–Trinajstić information content (AvgIpc) is 3.13. The van der Waals surface area contributed by atoms with Gasteiger partial charge < -0.3 is 5.73 Å². The molecule has 8 nitrogen and oxygen atoms in total. The van der Waals surface area contributed by atoms with Crippen molar-refractivity contribution < 1.29 is 4.43 Å². The summed E-state index contributed by atoms with van der Waals surface area (Å²) in [6.07, 6.45) is 4.90. The van der Waals surface area contributed by atoms with Crippen molar-refractivity contribution in [2.45, 2.75) is 0 Å². The van der Waals surface area contributed by atoms with Crippen LogP contribution in [0.3, 0.4) is 0 Å². The van der Waals surface area contributed by atoms with Crippen molar-refractivity contribution in [3.63, 3.8) is 0 Å². The van der Waals surface area contributed by atoms with Crippen molar-refractivity contribution in [2.75, 3.05) is 7.05 Å². The zero-order valence-electron chi connectivity index (χ0n) is 14.4. The quantitative estimate of drug-likeness (QED) is 0.435. The van der Waals surface area contributed by atoms with E-state index in [1.165, 1.54) is 6.20 Å². The Morgan fingerprint density at radius 2 is 2.11 bits per heavy atom. The molecule has 0 saturated carbocycles. The van der Waals surface area contributed by atoms with E-state index in [1.807, 2.05) is 28.8 Å². The van der Waals surface area contributed by atoms with E-state index in [0.29, 0.717) is 5.56 Å². The van der Waals surface area contributed by atoms with Gasteiger partial charge in [0.25, 0.3) is 0 Å². The Kier molecular flexibility index (Phi) is 3.92. The lowest BCUT2D eigenvalue weighted by atomic mass is 10.1. The maximum atomic E-state index is 11.6. The highest BCUT2D eigenvalue weighted by Gasteiger charge is 2.22. The van der Waals surface area contributed by atoms with Crippen molar-refractivity contribution in [2.24, 2.45) is 10.7 Å². The van der Waals surface area contributed by atoms with E-state index < -0.39 is 5.69 Å². The minimum Gasteiger partial charge on any atom is -0.404 e. The van der Waals surface area contributed by atoms with Gasteiger partial charge in [0.2, 0.25) is 0 Å². The molecule has 0 spiro atoms. The largest absolute Gasteiger partial charge is 0.521 e. The summed E-state index contributed by atoms with van der Waals surface area (Å²) in [4.78, 5) is 34.8. The maximum absolute atomic E-state index is 11.6. The van der Waals surface area contributed by atoms with Gasteiger partial charge in [-0.2, -0.15) is 0 Å². The van der Waals surface area contributed by atoms with Gasteiger partial charge in [-0.15, -0.1) is 0 Å². The second kappa shape index (κ2) is 6.41. The number of nitrogens with zero attached hydrogens (tertiary/aromatic N) is 5. The SMILES string of the molecule is CN=CC(=CN)c1cccc(-n2cnc3ccc(-c4nc(=O)[n+]4=O)cc32)c1. The van der Waals surface area contributed by atoms with Gasteiger partial charge >= 0.3 is 11.5 Å². The Balaban J connectivity index is 1.84. The molecule has 0 bridgehead atoms. The van der Waals surface area contributed by atoms with Crippen LogP contribution in [0.5, 0.6) is 0 Å². The summed E-state index contributed by atoms with van der Waals surface area (Å²) >= 11 is 0. The van der Waals surface area contributed by atoms with Gasteiger partial charge in [0.1, 0.15) is 6.33 Å². The van der Waals surface area contributed by atoms with Crippen LogP contribution in [0.4, 0.5) is 0 Å². The number of aliphatic imine (C=N–C) groups is 1. The Hall–Kier alpha value is -3.94. The van der Waals surface area contributed by atoms with E-state index in [4.69, 9.17) is 5.73 Å². The average molecular weight is 359 g/mol. The Morgan fingerprint density at radius 1 is 1.26 bits per heavy atom. The standard InChI is InChI=1S/C19H15N6O2/c1-21-10-14(9-20)12-3-2-4-15(7-12)24-11-22-16-6-5-13(8-17(16)24)18-23-19(26)25(18)27/h2-11H,20H2,1H3/q+1. The molecule has 0 saturated heterocycles. The third-order valence-electron chi connectivity index (χ3n) is 4.28. The first-order valence-corrected chi connectivity index (χ1v) is 8.14. The molecule has 0 aliphatic rings. The first-order chi connectivity index (χ1) is 13.1. The van der Waals surface area contributed by atoms with Crippen LogP contribution in [0.25, 0.3) is 33.7 Å². The molecule has 0 aliphatic carbocycles. The van der Waals surface area contributed by atoms with Crippen LogP contribution in [-0.2, 0) is 0 Å². The van der Waals surface area contributed by atoms with Gasteiger partial charge in [0.15, 0.2) is 0 Å². The third kappa shape index (κ3) is 2.73. The lowest BCUT2D eigenvalue weighted by Crippen LogP contribution is -2.47. The number of allylic oxidation sites excluding steroid dienone is 1. The van der Waals surface area contributed by atoms with Gasteiger partial charge in [-0.1, -0.05) is 17.0 Å². The van der Waals surface area contributed by atoms with Gasteiger partial charge in [0, 0.05) is 35.1 Å². The van der Waals surface area contributed by atoms with Gasteiger partial charge in [0.05, 0.1) is 16.6 Å². The minimum atomic E-state index is -0.787. The van der Waals surface area contributed by atoms with Crippen LogP contribution < -0.4 is 15.9 Å². The predicted molar refractivity (Wildman–Crippen MR) is 103 cm³/mol. The number of hydrogen-bond acceptors (Lipinski definition) is 6. The zero-order chi connectivity index (χ0) is 19.0. The van der Waals surface area contributed by atoms with Gasteiger partial charge in [-0.05, 0) is 40.9 Å². The van der Waals surface area contributed by atoms with E-state index in [1.54, 1.807) is 37.8 Å². The predicted octanol–water partition coefficient (Wildman–Crippen LogP) is 1.24. The fourth-order valence-electron chi connectivity index (χ4n) is 2.95. The second-order valence-electron chi connectivity index (χ2n) is 5.89. The van der Waals surface area contributed by atoms with Crippen LogP contribution in [-0.4, -0.2) is 27.8 Å². The smallest absolute Gasteiger partial charge is 0.404 e. The topological polar surface area (TPSA) is 109 Å². The molecule has 0 radical (unpaired) electrons. The van der Waals surface area contributed by atoms with E-state index in [2.05, 4.69) is 15.0 Å². The Labute approximate surface area is 153 Å². The summed E-state index contributed by atoms with van der Waals surface area (Å²) < 4.78 is 2.18. The molecule has 8 heteroatoms. The fraction of sp³-hybridized carbons (Fsp3) is 0.0526. The molecule has 0 aliphatic heterocycles. The number of aromatic nitrogens is 4. The molecule has 0 unspecified atom stereocenters. The third-order valence-corrected chi connectivity index (χ3v) is 4.28. The molecule has 4 rings (SSSR count). The maximum Gasteiger partial charge on any atom is 0.521 e. The van der Waals surface area contributed by atoms with Crippen molar-refractivity contribution in [1.82, 2.24) is 14.5 Å². The zero-order valence-corrected chi connectivity index (χ0v) is 14.4. The Bertz CT molecular complexity index is 1290. The van der Waals surface area contributed by atoms with Crippen LogP contribution in [0.1, 0.15) is 5.56 Å². The number of rotatable bonds is 4. The van der Waals surface area contributed by atoms with E-state index in [0.717, 1.165) is 27.9 Å². The summed E-state index contributed by atoms with van der Waals surface area (Å²) in [6.45, 7) is 0. The lowest BCUT2D eigenvalue weighted by molar-refractivity contribution is -0.527. The fourth-order valence-corrected chi connectivity index (χ4v) is 2.95. The summed E-state index contributed by atoms with van der Waals surface area (Å²) in [7, 11) is 1.69. The summed E-state index contributed by atoms with van der Waals surface area (Å²) in [5.41, 5.74) is 9.63. The lowest BCUT2D eigenvalue weighted by Gasteiger charge is -2.08. The number of benzene rings is 2. The second-order valence-corrected chi connectivity index (χ2v) is 5.89. The monoisotopic (exact) mass is 359 g/mol. The summed E-state index contributed by atoms with van der Waals surface area (Å²) in [5, 5.41) is 0. The van der Waals surface area contributed by atoms with Crippen LogP contribution in [0.15, 0.2) is 64.8 Å². The highest BCUT2D eigenvalue weighted by Crippen LogP contribution is 2.24. The molecular formula is C19H15N6O2+. The molecule has 132 valence electrons. The van der Waals surface area contributed by atoms with Crippen LogP contribution in [0, 0.1) is 4.91 Å². The van der Waals surface area contributed by atoms with Gasteiger partial charge in [-0.25, -0.2) is 9.78 Å². The van der Waals surface area contributed by atoms with Crippen LogP contribution >= 0.6 is 0 Å². The highest BCUT2D eigenvalue weighted by atomic mass is 16.3. The van der Waals surface area contributed by atoms with Crippen molar-refractivity contribution in [3.8, 4) is 17.1 Å². The molecular weight excluding hydrogens is 344 g/mol. The normalized spacial score (nSPS) is 12.4. The minimum absolute atomic E-state index is 0.107. The van der Waals surface area contributed by atoms with E-state index in [-0.39, 0.29) is 10.3 Å². The molecule has 2 heterocycles. The summed E-state index contributed by atoms with van der Waals surface area (Å²) in [5.74, 6) is 0.107. The first kappa shape index (κ1) is 16.5. The molecule has 0 atom stereocenters. The van der Waals surface area contributed by atoms with Gasteiger partial charge in [-0.3, -0.25) is 9.56 Å². The van der Waals surface area contributed by atoms with E-state index in [9.17, 15) is 9.70 Å².